The second kappa shape index (κ2) is 7.28. The molecule has 9 heteroatoms. The van der Waals surface area contributed by atoms with Crippen LogP contribution in [-0.2, 0) is 4.74 Å². The second-order valence-corrected chi connectivity index (χ2v) is 4.73. The number of para-hydroxylation sites is 2. The summed E-state index contributed by atoms with van der Waals surface area (Å²) in [5.41, 5.74) is 9.55. The van der Waals surface area contributed by atoms with Crippen LogP contribution < -0.4 is 0 Å². The fourth-order valence-electron chi connectivity index (χ4n) is 1.94. The minimum atomic E-state index is -0.770. The third kappa shape index (κ3) is 3.41. The quantitative estimate of drug-likeness (QED) is 0.369. The monoisotopic (exact) mass is 316 g/mol. The number of azide groups is 1. The molecule has 0 bridgehead atoms. The molecule has 0 fully saturated rings. The number of carbonyl (C=O) groups is 2. The van der Waals surface area contributed by atoms with E-state index in [0.717, 1.165) is 15.9 Å². The van der Waals surface area contributed by atoms with Gasteiger partial charge in [0.2, 0.25) is 5.95 Å². The Morgan fingerprint density at radius 1 is 1.43 bits per heavy atom. The average Bonchev–Trinajstić information content (AvgIpc) is 2.92. The molecule has 2 amide bonds. The Labute approximate surface area is 132 Å². The van der Waals surface area contributed by atoms with Gasteiger partial charge in [-0.3, -0.25) is 0 Å². The summed E-state index contributed by atoms with van der Waals surface area (Å²) in [5, 5.41) is 3.41. The summed E-state index contributed by atoms with van der Waals surface area (Å²) < 4.78 is 6.08. The van der Waals surface area contributed by atoms with Gasteiger partial charge in [-0.25, -0.2) is 24.0 Å². The van der Waals surface area contributed by atoms with E-state index in [9.17, 15) is 9.59 Å². The molecule has 0 saturated carbocycles. The zero-order valence-electron chi connectivity index (χ0n) is 12.8. The van der Waals surface area contributed by atoms with Crippen molar-refractivity contribution in [2.45, 2.75) is 19.8 Å². The standard InChI is InChI=1S/C14H16N6O3/c1-3-4-9-23-14(22)19(2)13(21)20-11-8-6-5-7-10(11)16-12(20)17-18-15/h5-8H,3-4,9H2,1-2H3. The maximum Gasteiger partial charge on any atom is 0.417 e. The lowest BCUT2D eigenvalue weighted by molar-refractivity contribution is 0.116. The van der Waals surface area contributed by atoms with Crippen molar-refractivity contribution in [3.05, 3.63) is 34.7 Å². The number of ether oxygens (including phenoxy) is 1. The predicted octanol–water partition coefficient (Wildman–Crippen LogP) is 3.81. The Morgan fingerprint density at radius 3 is 2.87 bits per heavy atom. The van der Waals surface area contributed by atoms with Crippen LogP contribution in [0.1, 0.15) is 19.8 Å². The highest BCUT2D eigenvalue weighted by molar-refractivity contribution is 5.98. The van der Waals surface area contributed by atoms with Crippen LogP contribution >= 0.6 is 0 Å². The number of hydrogen-bond acceptors (Lipinski definition) is 5. The molecule has 0 aliphatic rings. The molecule has 1 aromatic carbocycles. The Bertz CT molecular complexity index is 778. The maximum atomic E-state index is 12.6. The molecule has 1 heterocycles. The van der Waals surface area contributed by atoms with Crippen LogP contribution in [0.3, 0.4) is 0 Å². The minimum Gasteiger partial charge on any atom is -0.449 e. The molecule has 0 aliphatic heterocycles. The smallest absolute Gasteiger partial charge is 0.417 e. The van der Waals surface area contributed by atoms with Gasteiger partial charge in [-0.2, -0.15) is 0 Å². The summed E-state index contributed by atoms with van der Waals surface area (Å²) in [4.78, 5) is 32.0. The lowest BCUT2D eigenvalue weighted by Crippen LogP contribution is -2.36. The Morgan fingerprint density at radius 2 is 2.17 bits per heavy atom. The van der Waals surface area contributed by atoms with E-state index in [0.29, 0.717) is 17.5 Å². The first kappa shape index (κ1) is 16.3. The molecule has 0 saturated heterocycles. The fraction of sp³-hybridized carbons (Fsp3) is 0.357. The van der Waals surface area contributed by atoms with E-state index in [1.165, 1.54) is 7.05 Å². The minimum absolute atomic E-state index is 0.132. The zero-order valence-corrected chi connectivity index (χ0v) is 12.8. The van der Waals surface area contributed by atoms with Gasteiger partial charge < -0.3 is 4.74 Å². The van der Waals surface area contributed by atoms with Crippen LogP contribution in [0.4, 0.5) is 15.5 Å². The summed E-state index contributed by atoms with van der Waals surface area (Å²) in [5.74, 6) is -0.132. The summed E-state index contributed by atoms with van der Waals surface area (Å²) in [6.07, 6.45) is 0.817. The van der Waals surface area contributed by atoms with Crippen molar-refractivity contribution in [3.8, 4) is 0 Å². The lowest BCUT2D eigenvalue weighted by atomic mass is 10.3. The molecule has 1 aromatic heterocycles. The molecule has 9 nitrogen and oxygen atoms in total. The number of hydrogen-bond donors (Lipinski definition) is 0. The molecular formula is C14H16N6O3. The molecule has 0 unspecified atom stereocenters. The molecule has 23 heavy (non-hydrogen) atoms. The van der Waals surface area contributed by atoms with Gasteiger partial charge in [-0.1, -0.05) is 25.5 Å². The van der Waals surface area contributed by atoms with Gasteiger partial charge in [-0.15, -0.1) is 0 Å². The van der Waals surface area contributed by atoms with E-state index in [1.807, 2.05) is 6.92 Å². The van der Waals surface area contributed by atoms with E-state index in [2.05, 4.69) is 15.0 Å². The number of benzene rings is 1. The summed E-state index contributed by atoms with van der Waals surface area (Å²) in [6.45, 7) is 2.20. The Kier molecular flexibility index (Phi) is 5.16. The number of amides is 2. The highest BCUT2D eigenvalue weighted by atomic mass is 16.6. The first-order chi connectivity index (χ1) is 11.1. The van der Waals surface area contributed by atoms with Gasteiger partial charge in [0.25, 0.3) is 0 Å². The highest BCUT2D eigenvalue weighted by Gasteiger charge is 2.24. The molecule has 0 N–H and O–H groups in total. The van der Waals surface area contributed by atoms with Crippen LogP contribution in [-0.4, -0.2) is 40.2 Å². The second-order valence-electron chi connectivity index (χ2n) is 4.73. The number of nitrogens with zero attached hydrogens (tertiary/aromatic N) is 6. The van der Waals surface area contributed by atoms with Gasteiger partial charge in [0.1, 0.15) is 0 Å². The molecule has 2 aromatic rings. The van der Waals surface area contributed by atoms with E-state index in [4.69, 9.17) is 10.3 Å². The van der Waals surface area contributed by atoms with Crippen molar-refractivity contribution in [3.63, 3.8) is 0 Å². The van der Waals surface area contributed by atoms with E-state index in [1.54, 1.807) is 24.3 Å². The third-order valence-corrected chi connectivity index (χ3v) is 3.15. The largest absolute Gasteiger partial charge is 0.449 e. The van der Waals surface area contributed by atoms with Crippen molar-refractivity contribution in [2.24, 2.45) is 5.11 Å². The van der Waals surface area contributed by atoms with Crippen LogP contribution in [0.25, 0.3) is 21.5 Å². The number of imidazole rings is 1. The van der Waals surface area contributed by atoms with Crippen molar-refractivity contribution >= 4 is 29.1 Å². The van der Waals surface area contributed by atoms with E-state index in [-0.39, 0.29) is 12.6 Å². The number of unbranched alkanes of at least 4 members (excludes halogenated alkanes) is 1. The summed E-state index contributed by atoms with van der Waals surface area (Å²) >= 11 is 0. The van der Waals surface area contributed by atoms with Crippen molar-refractivity contribution in [2.75, 3.05) is 13.7 Å². The van der Waals surface area contributed by atoms with E-state index < -0.39 is 12.1 Å². The average molecular weight is 316 g/mol. The molecule has 0 atom stereocenters. The number of carbonyl (C=O) groups excluding carboxylic acids is 2. The molecule has 120 valence electrons. The number of imide groups is 1. The molecule has 0 radical (unpaired) electrons. The summed E-state index contributed by atoms with van der Waals surface area (Å²) in [7, 11) is 1.30. The van der Waals surface area contributed by atoms with Gasteiger partial charge >= 0.3 is 12.1 Å². The Hall–Kier alpha value is -3.06. The van der Waals surface area contributed by atoms with Crippen molar-refractivity contribution < 1.29 is 14.3 Å². The van der Waals surface area contributed by atoms with Crippen LogP contribution in [0, 0.1) is 0 Å². The Balaban J connectivity index is 2.34. The fourth-order valence-corrected chi connectivity index (χ4v) is 1.94. The molecule has 2 rings (SSSR count). The normalized spacial score (nSPS) is 10.2. The molecule has 0 spiro atoms. The van der Waals surface area contributed by atoms with Gasteiger partial charge in [0.05, 0.1) is 17.6 Å². The van der Waals surface area contributed by atoms with Gasteiger partial charge in [-0.05, 0) is 29.2 Å². The SMILES string of the molecule is CCCCOC(=O)N(C)C(=O)n1c(N=[N+]=[N-])nc2ccccc21. The number of aromatic nitrogens is 2. The van der Waals surface area contributed by atoms with Crippen LogP contribution in [0.15, 0.2) is 29.4 Å². The topological polar surface area (TPSA) is 113 Å². The molecular weight excluding hydrogens is 300 g/mol. The third-order valence-electron chi connectivity index (χ3n) is 3.15. The van der Waals surface area contributed by atoms with Crippen LogP contribution in [0.2, 0.25) is 0 Å². The van der Waals surface area contributed by atoms with Gasteiger partial charge in [0, 0.05) is 12.0 Å². The predicted molar refractivity (Wildman–Crippen MR) is 83.4 cm³/mol. The van der Waals surface area contributed by atoms with E-state index >= 15 is 0 Å². The summed E-state index contributed by atoms with van der Waals surface area (Å²) in [6, 6.07) is 6.07. The lowest BCUT2D eigenvalue weighted by Gasteiger charge is -2.16. The molecule has 0 aliphatic carbocycles. The zero-order chi connectivity index (χ0) is 16.8. The van der Waals surface area contributed by atoms with Gasteiger partial charge in [0.15, 0.2) is 0 Å². The first-order valence-electron chi connectivity index (χ1n) is 7.07. The number of fused-ring (bicyclic) bond motifs is 1. The van der Waals surface area contributed by atoms with Crippen LogP contribution in [0.5, 0.6) is 0 Å². The number of rotatable bonds is 4. The highest BCUT2D eigenvalue weighted by Crippen LogP contribution is 2.22. The maximum absolute atomic E-state index is 12.6. The van der Waals surface area contributed by atoms with Crippen molar-refractivity contribution in [1.29, 1.82) is 0 Å². The van der Waals surface area contributed by atoms with Crippen molar-refractivity contribution in [1.82, 2.24) is 14.5 Å². The first-order valence-corrected chi connectivity index (χ1v) is 7.07.